The number of benzene rings is 2. The SMILES string of the molecule is CCOC(=O)C1CCN(CC[C@]2(F)CCCN2C(=O)Cc2cc(Cl)c(NC(=O)c3cn(C)c4ccccc34)cc2F)CC1. The molecule has 2 fully saturated rings. The van der Waals surface area contributed by atoms with Gasteiger partial charge in [0.25, 0.3) is 5.91 Å². The first-order valence-corrected chi connectivity index (χ1v) is 15.2. The fourth-order valence-corrected chi connectivity index (χ4v) is 6.46. The lowest BCUT2D eigenvalue weighted by Crippen LogP contribution is -2.47. The molecule has 0 aliphatic carbocycles. The van der Waals surface area contributed by atoms with Gasteiger partial charge in [0.1, 0.15) is 5.82 Å². The zero-order chi connectivity index (χ0) is 30.7. The van der Waals surface area contributed by atoms with Crippen molar-refractivity contribution in [3.8, 4) is 0 Å². The number of aromatic nitrogens is 1. The number of hydrogen-bond donors (Lipinski definition) is 1. The minimum Gasteiger partial charge on any atom is -0.466 e. The summed E-state index contributed by atoms with van der Waals surface area (Å²) >= 11 is 6.42. The molecular formula is C32H37ClF2N4O4. The number of nitrogens with zero attached hydrogens (tertiary/aromatic N) is 3. The Hall–Kier alpha value is -3.50. The predicted octanol–water partition coefficient (Wildman–Crippen LogP) is 5.72. The molecule has 0 spiro atoms. The van der Waals surface area contributed by atoms with Crippen LogP contribution in [0.3, 0.4) is 0 Å². The highest BCUT2D eigenvalue weighted by molar-refractivity contribution is 6.34. The second-order valence-electron chi connectivity index (χ2n) is 11.4. The summed E-state index contributed by atoms with van der Waals surface area (Å²) in [5.74, 6) is -3.78. The molecule has 1 N–H and O–H groups in total. The van der Waals surface area contributed by atoms with Crippen molar-refractivity contribution in [1.82, 2.24) is 14.4 Å². The molecular weight excluding hydrogens is 578 g/mol. The molecule has 8 nitrogen and oxygen atoms in total. The lowest BCUT2D eigenvalue weighted by molar-refractivity contribution is -0.150. The standard InChI is InChI=1S/C32H37ClF2N4O4/c1-3-43-31(42)21-9-14-38(15-10-21)16-12-32(35)11-6-13-39(32)29(40)18-22-17-25(33)27(19-26(22)34)36-30(41)24-20-37(2)28-8-5-4-7-23(24)28/h4-5,7-8,17,19-21H,3,6,9-16,18H2,1-2H3,(H,36,41)/t32-/m0/s1. The van der Waals surface area contributed by atoms with Crippen LogP contribution in [0.25, 0.3) is 10.9 Å². The van der Waals surface area contributed by atoms with E-state index >= 15 is 8.78 Å². The monoisotopic (exact) mass is 614 g/mol. The highest BCUT2D eigenvalue weighted by Crippen LogP contribution is 2.36. The normalized spacial score (nSPS) is 19.6. The van der Waals surface area contributed by atoms with Crippen molar-refractivity contribution in [2.24, 2.45) is 13.0 Å². The lowest BCUT2D eigenvalue weighted by atomic mass is 9.96. The fraction of sp³-hybridized carbons (Fsp3) is 0.469. The summed E-state index contributed by atoms with van der Waals surface area (Å²) in [4.78, 5) is 41.6. The van der Waals surface area contributed by atoms with Crippen LogP contribution in [0.15, 0.2) is 42.6 Å². The van der Waals surface area contributed by atoms with Crippen LogP contribution in [0.1, 0.15) is 54.9 Å². The molecule has 1 aromatic heterocycles. The van der Waals surface area contributed by atoms with Gasteiger partial charge in [-0.25, -0.2) is 8.78 Å². The van der Waals surface area contributed by atoms with Crippen LogP contribution in [0.5, 0.6) is 0 Å². The lowest BCUT2D eigenvalue weighted by Gasteiger charge is -2.35. The topological polar surface area (TPSA) is 83.9 Å². The third-order valence-electron chi connectivity index (χ3n) is 8.61. The molecule has 2 aliphatic heterocycles. The van der Waals surface area contributed by atoms with E-state index in [1.165, 1.54) is 11.0 Å². The molecule has 1 atom stereocenters. The van der Waals surface area contributed by atoms with Gasteiger partial charge in [-0.2, -0.15) is 0 Å². The zero-order valence-electron chi connectivity index (χ0n) is 24.5. The summed E-state index contributed by atoms with van der Waals surface area (Å²) in [6, 6.07) is 9.85. The van der Waals surface area contributed by atoms with E-state index in [9.17, 15) is 14.4 Å². The second-order valence-corrected chi connectivity index (χ2v) is 11.8. The Balaban J connectivity index is 1.20. The van der Waals surface area contributed by atoms with Crippen LogP contribution in [-0.2, 0) is 27.8 Å². The summed E-state index contributed by atoms with van der Waals surface area (Å²) in [6.07, 6.45) is 3.57. The van der Waals surface area contributed by atoms with E-state index in [1.807, 2.05) is 35.9 Å². The molecule has 2 amide bonds. The van der Waals surface area contributed by atoms with Crippen molar-refractivity contribution in [2.45, 2.75) is 51.2 Å². The number of likely N-dealkylation sites (tertiary alicyclic amines) is 2. The Bertz CT molecular complexity index is 1520. The molecule has 5 rings (SSSR count). The number of para-hydroxylation sites is 1. The van der Waals surface area contributed by atoms with Crippen molar-refractivity contribution in [1.29, 1.82) is 0 Å². The summed E-state index contributed by atoms with van der Waals surface area (Å²) in [6.45, 7) is 4.20. The van der Waals surface area contributed by atoms with Gasteiger partial charge in [0.15, 0.2) is 5.79 Å². The molecule has 43 heavy (non-hydrogen) atoms. The molecule has 230 valence electrons. The van der Waals surface area contributed by atoms with Gasteiger partial charge in [0.2, 0.25) is 5.91 Å². The second kappa shape index (κ2) is 13.0. The van der Waals surface area contributed by atoms with Gasteiger partial charge in [-0.3, -0.25) is 14.4 Å². The molecule has 11 heteroatoms. The van der Waals surface area contributed by atoms with Crippen molar-refractivity contribution < 1.29 is 27.9 Å². The van der Waals surface area contributed by atoms with Gasteiger partial charge >= 0.3 is 5.97 Å². The Labute approximate surface area is 254 Å². The number of halogens is 3. The number of carbonyl (C=O) groups excluding carboxylic acids is 3. The smallest absolute Gasteiger partial charge is 0.309 e. The number of anilines is 1. The van der Waals surface area contributed by atoms with Gasteiger partial charge in [0.05, 0.1) is 35.2 Å². The predicted molar refractivity (Wildman–Crippen MR) is 161 cm³/mol. The van der Waals surface area contributed by atoms with E-state index in [2.05, 4.69) is 10.2 Å². The summed E-state index contributed by atoms with van der Waals surface area (Å²) in [5.41, 5.74) is 1.42. The third kappa shape index (κ3) is 6.70. The van der Waals surface area contributed by atoms with E-state index in [-0.39, 0.29) is 54.0 Å². The first-order valence-electron chi connectivity index (χ1n) is 14.8. The van der Waals surface area contributed by atoms with Gasteiger partial charge < -0.3 is 24.4 Å². The molecule has 0 saturated carbocycles. The van der Waals surface area contributed by atoms with Crippen LogP contribution in [0.2, 0.25) is 5.02 Å². The number of aryl methyl sites for hydroxylation is 1. The Morgan fingerprint density at radius 2 is 1.88 bits per heavy atom. The van der Waals surface area contributed by atoms with Gasteiger partial charge in [0, 0.05) is 50.1 Å². The van der Waals surface area contributed by atoms with Crippen molar-refractivity contribution in [2.75, 3.05) is 38.1 Å². The molecule has 2 aromatic carbocycles. The number of rotatable bonds is 9. The molecule has 0 radical (unpaired) electrons. The van der Waals surface area contributed by atoms with E-state index in [0.29, 0.717) is 51.1 Å². The quantitative estimate of drug-likeness (QED) is 0.246. The van der Waals surface area contributed by atoms with E-state index in [1.54, 1.807) is 13.1 Å². The van der Waals surface area contributed by atoms with Crippen LogP contribution in [0.4, 0.5) is 14.5 Å². The largest absolute Gasteiger partial charge is 0.466 e. The van der Waals surface area contributed by atoms with Crippen molar-refractivity contribution in [3.63, 3.8) is 0 Å². The molecule has 2 aliphatic rings. The Morgan fingerprint density at radius 3 is 2.63 bits per heavy atom. The maximum Gasteiger partial charge on any atom is 0.309 e. The summed E-state index contributed by atoms with van der Waals surface area (Å²) in [7, 11) is 1.83. The van der Waals surface area contributed by atoms with Crippen LogP contribution >= 0.6 is 11.6 Å². The van der Waals surface area contributed by atoms with Crippen LogP contribution in [0, 0.1) is 11.7 Å². The first-order chi connectivity index (χ1) is 20.6. The number of hydrogen-bond acceptors (Lipinski definition) is 5. The summed E-state index contributed by atoms with van der Waals surface area (Å²) in [5, 5.41) is 3.51. The number of amides is 2. The zero-order valence-corrected chi connectivity index (χ0v) is 25.3. The first kappa shape index (κ1) is 30.9. The van der Waals surface area contributed by atoms with Gasteiger partial charge in [-0.15, -0.1) is 0 Å². The maximum atomic E-state index is 16.1. The highest BCUT2D eigenvalue weighted by atomic mass is 35.5. The Morgan fingerprint density at radius 1 is 1.14 bits per heavy atom. The van der Waals surface area contributed by atoms with E-state index in [0.717, 1.165) is 17.0 Å². The Kier molecular flexibility index (Phi) is 9.36. The van der Waals surface area contributed by atoms with Crippen molar-refractivity contribution in [3.05, 3.63) is 64.6 Å². The number of ether oxygens (including phenoxy) is 1. The number of piperidine rings is 1. The van der Waals surface area contributed by atoms with Crippen molar-refractivity contribution >= 4 is 46.0 Å². The van der Waals surface area contributed by atoms with E-state index in [4.69, 9.17) is 16.3 Å². The fourth-order valence-electron chi connectivity index (χ4n) is 6.22. The molecule has 0 bridgehead atoms. The third-order valence-corrected chi connectivity index (χ3v) is 8.93. The van der Waals surface area contributed by atoms with Gasteiger partial charge in [-0.1, -0.05) is 29.8 Å². The molecule has 0 unspecified atom stereocenters. The minimum absolute atomic E-state index is 0.0356. The van der Waals surface area contributed by atoms with E-state index < -0.39 is 23.4 Å². The van der Waals surface area contributed by atoms with Crippen LogP contribution < -0.4 is 5.32 Å². The number of nitrogens with one attached hydrogen (secondary N) is 1. The highest BCUT2D eigenvalue weighted by Gasteiger charge is 2.44. The molecule has 2 saturated heterocycles. The maximum absolute atomic E-state index is 16.1. The minimum atomic E-state index is -1.82. The summed E-state index contributed by atoms with van der Waals surface area (Å²) < 4.78 is 38.2. The number of carbonyl (C=O) groups is 3. The number of alkyl halides is 1. The van der Waals surface area contributed by atoms with Gasteiger partial charge in [-0.05, 0) is 63.0 Å². The molecule has 3 aromatic rings. The average molecular weight is 615 g/mol. The average Bonchev–Trinajstić information content (AvgIpc) is 3.55. The van der Waals surface area contributed by atoms with Crippen LogP contribution in [-0.4, -0.2) is 70.7 Å². The number of esters is 1. The molecule has 3 heterocycles. The number of fused-ring (bicyclic) bond motifs is 1.